The van der Waals surface area contributed by atoms with E-state index in [-0.39, 0.29) is 25.6 Å². The molecule has 0 saturated heterocycles. The van der Waals surface area contributed by atoms with Crippen LogP contribution >= 0.6 is 0 Å². The van der Waals surface area contributed by atoms with Gasteiger partial charge in [0.15, 0.2) is 5.78 Å². The Bertz CT molecular complexity index is 780. The number of aliphatic hydroxyl groups excluding tert-OH is 2. The summed E-state index contributed by atoms with van der Waals surface area (Å²) in [5.74, 6) is -0.113. The predicted octanol–water partition coefficient (Wildman–Crippen LogP) is 3.06. The van der Waals surface area contributed by atoms with Gasteiger partial charge in [0.25, 0.3) is 0 Å². The Morgan fingerprint density at radius 2 is 1.81 bits per heavy atom. The number of Topliss-reactive ketones (excluding diaryl/α,β-unsaturated/α-hetero) is 1. The van der Waals surface area contributed by atoms with E-state index < -0.39 is 6.10 Å². The highest BCUT2D eigenvalue weighted by Gasteiger charge is 2.16. The van der Waals surface area contributed by atoms with Crippen LogP contribution in [0.5, 0.6) is 0 Å². The van der Waals surface area contributed by atoms with Gasteiger partial charge < -0.3 is 14.9 Å². The fourth-order valence-corrected chi connectivity index (χ4v) is 3.02. The number of hydrogen-bond donors (Lipinski definition) is 2. The lowest BCUT2D eigenvalue weighted by Crippen LogP contribution is -2.22. The van der Waals surface area contributed by atoms with E-state index in [9.17, 15) is 9.90 Å². The van der Waals surface area contributed by atoms with E-state index in [1.807, 2.05) is 26.0 Å². The van der Waals surface area contributed by atoms with Gasteiger partial charge >= 0.3 is 0 Å². The Hall–Kier alpha value is -2.01. The van der Waals surface area contributed by atoms with Gasteiger partial charge in [-0.15, -0.1) is 0 Å². The van der Waals surface area contributed by atoms with Crippen molar-refractivity contribution in [3.05, 3.63) is 69.3 Å². The maximum Gasteiger partial charge on any atom is 0.188 e. The summed E-state index contributed by atoms with van der Waals surface area (Å²) >= 11 is 0. The largest absolute Gasteiger partial charge is 0.394 e. The van der Waals surface area contributed by atoms with Gasteiger partial charge in [-0.2, -0.15) is 0 Å². The maximum absolute atomic E-state index is 12.7. The van der Waals surface area contributed by atoms with Gasteiger partial charge in [-0.1, -0.05) is 35.9 Å². The lowest BCUT2D eigenvalue weighted by molar-refractivity contribution is 0.00894. The summed E-state index contributed by atoms with van der Waals surface area (Å²) in [6.07, 6.45) is -0.266. The molecule has 26 heavy (non-hydrogen) atoms. The first kappa shape index (κ1) is 20.3. The van der Waals surface area contributed by atoms with Crippen molar-refractivity contribution in [1.82, 2.24) is 0 Å². The Morgan fingerprint density at radius 1 is 1.08 bits per heavy atom. The molecular weight excluding hydrogens is 328 g/mol. The molecule has 4 heteroatoms. The van der Waals surface area contributed by atoms with E-state index in [0.29, 0.717) is 12.0 Å². The van der Waals surface area contributed by atoms with Crippen LogP contribution in [0.3, 0.4) is 0 Å². The second-order valence-corrected chi connectivity index (χ2v) is 6.91. The molecule has 0 aliphatic rings. The highest BCUT2D eigenvalue weighted by molar-refractivity contribution is 5.99. The molecule has 0 heterocycles. The third-order valence-corrected chi connectivity index (χ3v) is 4.79. The van der Waals surface area contributed by atoms with Gasteiger partial charge in [-0.05, 0) is 61.9 Å². The highest BCUT2D eigenvalue weighted by Crippen LogP contribution is 2.24. The van der Waals surface area contributed by atoms with Crippen LogP contribution in [-0.2, 0) is 11.2 Å². The number of hydrogen-bond acceptors (Lipinski definition) is 4. The summed E-state index contributed by atoms with van der Waals surface area (Å²) in [4.78, 5) is 12.7. The van der Waals surface area contributed by atoms with Gasteiger partial charge in [-0.3, -0.25) is 4.79 Å². The number of aliphatic hydroxyl groups is 2. The van der Waals surface area contributed by atoms with Crippen molar-refractivity contribution < 1.29 is 19.7 Å². The lowest BCUT2D eigenvalue weighted by atomic mass is 9.89. The van der Waals surface area contributed by atoms with Crippen molar-refractivity contribution in [3.8, 4) is 0 Å². The fraction of sp³-hybridized carbons (Fsp3) is 0.409. The maximum atomic E-state index is 12.7. The number of rotatable bonds is 8. The molecule has 0 aliphatic carbocycles. The second-order valence-electron chi connectivity index (χ2n) is 6.91. The lowest BCUT2D eigenvalue weighted by Gasteiger charge is -2.16. The minimum absolute atomic E-state index is 0.0561. The number of carbonyl (C=O) groups is 1. The summed E-state index contributed by atoms with van der Waals surface area (Å²) in [7, 11) is 0. The van der Waals surface area contributed by atoms with Gasteiger partial charge in [0, 0.05) is 5.56 Å². The Morgan fingerprint density at radius 3 is 2.46 bits per heavy atom. The van der Waals surface area contributed by atoms with Gasteiger partial charge in [0.2, 0.25) is 0 Å². The zero-order chi connectivity index (χ0) is 19.3. The van der Waals surface area contributed by atoms with E-state index in [1.165, 1.54) is 16.7 Å². The summed E-state index contributed by atoms with van der Waals surface area (Å²) in [5, 5.41) is 18.2. The van der Waals surface area contributed by atoms with Crippen molar-refractivity contribution in [2.45, 2.75) is 40.2 Å². The number of aryl methyl sites for hydroxylation is 3. The van der Waals surface area contributed by atoms with Crippen LogP contribution in [0.2, 0.25) is 0 Å². The molecule has 2 N–H and O–H groups in total. The molecule has 1 unspecified atom stereocenters. The molecule has 1 atom stereocenters. The van der Waals surface area contributed by atoms with Crippen LogP contribution in [-0.4, -0.2) is 41.9 Å². The van der Waals surface area contributed by atoms with Crippen LogP contribution in [0.25, 0.3) is 0 Å². The van der Waals surface area contributed by atoms with E-state index >= 15 is 0 Å². The molecule has 0 fully saturated rings. The van der Waals surface area contributed by atoms with Gasteiger partial charge in [0.1, 0.15) is 12.7 Å². The third-order valence-electron chi connectivity index (χ3n) is 4.79. The van der Waals surface area contributed by atoms with Crippen molar-refractivity contribution in [2.24, 2.45) is 0 Å². The molecule has 0 spiro atoms. The van der Waals surface area contributed by atoms with Crippen molar-refractivity contribution in [3.63, 3.8) is 0 Å². The van der Waals surface area contributed by atoms with Gasteiger partial charge in [0.05, 0.1) is 13.2 Å². The average Bonchev–Trinajstić information content (AvgIpc) is 2.60. The Balaban J connectivity index is 2.27. The number of ether oxygens (including phenoxy) is 1. The van der Waals surface area contributed by atoms with Gasteiger partial charge in [-0.25, -0.2) is 0 Å². The normalized spacial score (nSPS) is 12.2. The van der Waals surface area contributed by atoms with Crippen LogP contribution < -0.4 is 0 Å². The number of carbonyl (C=O) groups excluding carboxylic acids is 1. The monoisotopic (exact) mass is 356 g/mol. The van der Waals surface area contributed by atoms with Crippen molar-refractivity contribution >= 4 is 5.78 Å². The molecule has 0 aliphatic heterocycles. The molecule has 2 aromatic carbocycles. The van der Waals surface area contributed by atoms with E-state index in [0.717, 1.165) is 16.7 Å². The first-order valence-electron chi connectivity index (χ1n) is 8.88. The fourth-order valence-electron chi connectivity index (χ4n) is 3.02. The number of benzene rings is 2. The third kappa shape index (κ3) is 5.01. The zero-order valence-electron chi connectivity index (χ0n) is 16.0. The average molecular weight is 356 g/mol. The van der Waals surface area contributed by atoms with Crippen LogP contribution in [0, 0.1) is 27.7 Å². The Kier molecular flexibility index (Phi) is 7.09. The van der Waals surface area contributed by atoms with Crippen LogP contribution in [0.4, 0.5) is 0 Å². The first-order chi connectivity index (χ1) is 12.3. The first-order valence-corrected chi connectivity index (χ1v) is 8.88. The molecule has 0 bridgehead atoms. The summed E-state index contributed by atoms with van der Waals surface area (Å²) in [6.45, 7) is 7.70. The topological polar surface area (TPSA) is 66.8 Å². The van der Waals surface area contributed by atoms with Crippen LogP contribution in [0.1, 0.15) is 43.7 Å². The summed E-state index contributed by atoms with van der Waals surface area (Å²) in [6, 6.07) is 10.2. The quantitative estimate of drug-likeness (QED) is 0.714. The molecule has 2 rings (SSSR count). The second kappa shape index (κ2) is 9.08. The van der Waals surface area contributed by atoms with Crippen LogP contribution in [0.15, 0.2) is 30.3 Å². The summed E-state index contributed by atoms with van der Waals surface area (Å²) < 4.78 is 5.26. The Labute approximate surface area is 155 Å². The highest BCUT2D eigenvalue weighted by atomic mass is 16.5. The zero-order valence-corrected chi connectivity index (χ0v) is 16.0. The molecular formula is C22H28O4. The molecule has 2 aromatic rings. The standard InChI is InChI=1S/C22H28O4/c1-14-5-7-18(16(3)9-14)10-21-17(4)15(2)6-8-20(21)22(25)13-26-12-19(24)11-23/h5-9,19,23-24H,10-13H2,1-4H3. The molecule has 0 amide bonds. The SMILES string of the molecule is Cc1ccc(Cc2c(C(=O)COCC(O)CO)ccc(C)c2C)c(C)c1. The van der Waals surface area contributed by atoms with E-state index in [2.05, 4.69) is 32.0 Å². The molecule has 0 radical (unpaired) electrons. The van der Waals surface area contributed by atoms with E-state index in [1.54, 1.807) is 0 Å². The minimum Gasteiger partial charge on any atom is -0.394 e. The number of ketones is 1. The van der Waals surface area contributed by atoms with Crippen molar-refractivity contribution in [2.75, 3.05) is 19.8 Å². The molecule has 0 aromatic heterocycles. The molecule has 4 nitrogen and oxygen atoms in total. The van der Waals surface area contributed by atoms with Crippen molar-refractivity contribution in [1.29, 1.82) is 0 Å². The molecule has 140 valence electrons. The molecule has 0 saturated carbocycles. The smallest absolute Gasteiger partial charge is 0.188 e. The van der Waals surface area contributed by atoms with E-state index in [4.69, 9.17) is 9.84 Å². The predicted molar refractivity (Wildman–Crippen MR) is 103 cm³/mol. The minimum atomic E-state index is -0.961. The summed E-state index contributed by atoms with van der Waals surface area (Å²) in [5.41, 5.74) is 7.59.